The predicted molar refractivity (Wildman–Crippen MR) is 70.1 cm³/mol. The summed E-state index contributed by atoms with van der Waals surface area (Å²) in [4.78, 5) is 19.2. The summed E-state index contributed by atoms with van der Waals surface area (Å²) < 4.78 is 5.14. The van der Waals surface area contributed by atoms with Gasteiger partial charge in [-0.1, -0.05) is 0 Å². The van der Waals surface area contributed by atoms with Crippen molar-refractivity contribution in [1.29, 1.82) is 0 Å². The molecule has 2 heterocycles. The van der Waals surface area contributed by atoms with Crippen molar-refractivity contribution in [2.75, 3.05) is 0 Å². The van der Waals surface area contributed by atoms with Crippen LogP contribution in [0.4, 0.5) is 0 Å². The Bertz CT molecular complexity index is 706. The van der Waals surface area contributed by atoms with Crippen LogP contribution in [0.3, 0.4) is 0 Å². The molecule has 0 bridgehead atoms. The first-order valence-electron chi connectivity index (χ1n) is 5.36. The minimum atomic E-state index is -0.444. The van der Waals surface area contributed by atoms with Gasteiger partial charge in [-0.3, -0.25) is 15.1 Å². The SMILES string of the molecule is O=[N+]([O-])Sc1ccc(-c2nc3cnccc3o2)cc1. The summed E-state index contributed by atoms with van der Waals surface area (Å²) in [7, 11) is 0. The molecule has 19 heavy (non-hydrogen) atoms. The number of oxazole rings is 1. The zero-order valence-electron chi connectivity index (χ0n) is 9.52. The van der Waals surface area contributed by atoms with Gasteiger partial charge in [0.25, 0.3) is 11.9 Å². The van der Waals surface area contributed by atoms with Crippen LogP contribution in [-0.2, 0) is 0 Å². The van der Waals surface area contributed by atoms with Crippen LogP contribution in [0.2, 0.25) is 0 Å². The Labute approximate surface area is 111 Å². The molecule has 0 aliphatic heterocycles. The van der Waals surface area contributed by atoms with E-state index in [1.54, 1.807) is 42.7 Å². The van der Waals surface area contributed by atoms with E-state index >= 15 is 0 Å². The second-order valence-electron chi connectivity index (χ2n) is 3.70. The molecule has 0 aliphatic rings. The van der Waals surface area contributed by atoms with Crippen molar-refractivity contribution >= 4 is 23.0 Å². The van der Waals surface area contributed by atoms with Gasteiger partial charge in [-0.2, -0.15) is 0 Å². The number of hydrogen-bond donors (Lipinski definition) is 0. The smallest absolute Gasteiger partial charge is 0.265 e. The molecule has 3 rings (SSSR count). The Morgan fingerprint density at radius 2 is 2.00 bits per heavy atom. The third-order valence-corrected chi connectivity index (χ3v) is 3.10. The zero-order valence-corrected chi connectivity index (χ0v) is 10.3. The topological polar surface area (TPSA) is 82.1 Å². The first kappa shape index (κ1) is 11.7. The molecule has 2 aromatic heterocycles. The molecule has 1 aromatic carbocycles. The van der Waals surface area contributed by atoms with Gasteiger partial charge in [0.05, 0.1) is 11.1 Å². The largest absolute Gasteiger partial charge is 0.436 e. The normalized spacial score (nSPS) is 10.7. The molecule has 6 nitrogen and oxygen atoms in total. The first-order chi connectivity index (χ1) is 9.22. The summed E-state index contributed by atoms with van der Waals surface area (Å²) in [6.45, 7) is 0. The average Bonchev–Trinajstić information content (AvgIpc) is 2.82. The molecule has 0 atom stereocenters. The molecule has 0 spiro atoms. The fraction of sp³-hybridized carbons (Fsp3) is 0. The lowest BCUT2D eigenvalue weighted by molar-refractivity contribution is -0.284. The van der Waals surface area contributed by atoms with Gasteiger partial charge >= 0.3 is 0 Å². The number of hydrogen-bond acceptors (Lipinski definition) is 6. The van der Waals surface area contributed by atoms with Crippen LogP contribution in [0.1, 0.15) is 0 Å². The molecule has 0 amide bonds. The quantitative estimate of drug-likeness (QED) is 0.414. The average molecular weight is 273 g/mol. The fourth-order valence-electron chi connectivity index (χ4n) is 1.65. The Hall–Kier alpha value is -2.41. The summed E-state index contributed by atoms with van der Waals surface area (Å²) in [5.41, 5.74) is 2.11. The van der Waals surface area contributed by atoms with Crippen molar-refractivity contribution in [3.8, 4) is 11.5 Å². The number of rotatable bonds is 3. The highest BCUT2D eigenvalue weighted by Crippen LogP contribution is 2.26. The van der Waals surface area contributed by atoms with Crippen LogP contribution in [-0.4, -0.2) is 14.3 Å². The zero-order chi connectivity index (χ0) is 13.2. The molecule has 0 saturated heterocycles. The lowest BCUT2D eigenvalue weighted by atomic mass is 10.2. The van der Waals surface area contributed by atoms with Gasteiger partial charge in [-0.05, 0) is 24.3 Å². The number of nitro groups is 1. The van der Waals surface area contributed by atoms with Crippen molar-refractivity contribution in [2.45, 2.75) is 4.90 Å². The van der Waals surface area contributed by atoms with E-state index in [0.29, 0.717) is 33.8 Å². The second kappa shape index (κ2) is 4.69. The third-order valence-electron chi connectivity index (χ3n) is 2.47. The molecule has 0 fully saturated rings. The first-order valence-corrected chi connectivity index (χ1v) is 6.13. The molecule has 7 heteroatoms. The van der Waals surface area contributed by atoms with E-state index in [4.69, 9.17) is 4.42 Å². The maximum atomic E-state index is 10.4. The van der Waals surface area contributed by atoms with Crippen LogP contribution in [0, 0.1) is 10.1 Å². The number of fused-ring (bicyclic) bond motifs is 1. The number of benzene rings is 1. The minimum absolute atomic E-state index is 0.444. The van der Waals surface area contributed by atoms with Crippen LogP contribution in [0.25, 0.3) is 22.6 Å². The number of aromatic nitrogens is 2. The highest BCUT2D eigenvalue weighted by molar-refractivity contribution is 7.93. The van der Waals surface area contributed by atoms with E-state index in [1.165, 1.54) is 0 Å². The Kier molecular flexibility index (Phi) is 2.88. The van der Waals surface area contributed by atoms with E-state index in [9.17, 15) is 10.1 Å². The molecule has 0 aliphatic carbocycles. The molecule has 0 unspecified atom stereocenters. The molecule has 0 N–H and O–H groups in total. The van der Waals surface area contributed by atoms with E-state index in [-0.39, 0.29) is 0 Å². The highest BCUT2D eigenvalue weighted by Gasteiger charge is 2.10. The summed E-state index contributed by atoms with van der Waals surface area (Å²) in [6.07, 6.45) is 3.26. The summed E-state index contributed by atoms with van der Waals surface area (Å²) in [6, 6.07) is 8.54. The van der Waals surface area contributed by atoms with Gasteiger partial charge in [0.1, 0.15) is 9.85 Å². The van der Waals surface area contributed by atoms with E-state index in [2.05, 4.69) is 9.97 Å². The summed E-state index contributed by atoms with van der Waals surface area (Å²) in [5, 5.41) is 10.4. The van der Waals surface area contributed by atoms with E-state index in [0.717, 1.165) is 5.56 Å². The van der Waals surface area contributed by atoms with Crippen molar-refractivity contribution in [1.82, 2.24) is 9.97 Å². The van der Waals surface area contributed by atoms with Gasteiger partial charge < -0.3 is 4.42 Å². The van der Waals surface area contributed by atoms with Crippen molar-refractivity contribution in [2.24, 2.45) is 0 Å². The van der Waals surface area contributed by atoms with Gasteiger partial charge in [0.15, 0.2) is 5.58 Å². The Morgan fingerprint density at radius 3 is 2.68 bits per heavy atom. The molecule has 0 radical (unpaired) electrons. The van der Waals surface area contributed by atoms with Crippen LogP contribution >= 0.6 is 11.9 Å². The summed E-state index contributed by atoms with van der Waals surface area (Å²) >= 11 is 0.569. The maximum absolute atomic E-state index is 10.4. The lowest BCUT2D eigenvalue weighted by Crippen LogP contribution is -1.83. The monoisotopic (exact) mass is 273 g/mol. The lowest BCUT2D eigenvalue weighted by Gasteiger charge is -1.95. The second-order valence-corrected chi connectivity index (χ2v) is 4.65. The molecular weight excluding hydrogens is 266 g/mol. The number of nitrogens with zero attached hydrogens (tertiary/aromatic N) is 3. The molecule has 0 saturated carbocycles. The van der Waals surface area contributed by atoms with E-state index < -0.39 is 4.33 Å². The number of pyridine rings is 1. The van der Waals surface area contributed by atoms with Crippen molar-refractivity contribution in [3.63, 3.8) is 0 Å². The van der Waals surface area contributed by atoms with Crippen LogP contribution in [0.5, 0.6) is 0 Å². The minimum Gasteiger partial charge on any atom is -0.436 e. The summed E-state index contributed by atoms with van der Waals surface area (Å²) in [5.74, 6) is 0.473. The fourth-order valence-corrected chi connectivity index (χ4v) is 2.08. The Morgan fingerprint density at radius 1 is 1.21 bits per heavy atom. The third kappa shape index (κ3) is 2.41. The maximum Gasteiger partial charge on any atom is 0.265 e. The van der Waals surface area contributed by atoms with Gasteiger partial charge in [-0.25, -0.2) is 4.98 Å². The van der Waals surface area contributed by atoms with Crippen molar-refractivity contribution < 1.29 is 8.75 Å². The van der Waals surface area contributed by atoms with E-state index in [1.807, 2.05) is 0 Å². The predicted octanol–water partition coefficient (Wildman–Crippen LogP) is 3.17. The van der Waals surface area contributed by atoms with Gasteiger partial charge in [0, 0.05) is 17.8 Å². The highest BCUT2D eigenvalue weighted by atomic mass is 32.2. The molecule has 3 aromatic rings. The van der Waals surface area contributed by atoms with Gasteiger partial charge in [0.2, 0.25) is 5.89 Å². The van der Waals surface area contributed by atoms with Crippen LogP contribution < -0.4 is 0 Å². The standard InChI is InChI=1S/C12H7N3O3S/c16-15(17)19-9-3-1-8(2-4-9)12-14-10-7-13-6-5-11(10)18-12/h1-7H. The van der Waals surface area contributed by atoms with Crippen molar-refractivity contribution in [3.05, 3.63) is 52.8 Å². The Balaban J connectivity index is 1.95. The van der Waals surface area contributed by atoms with Crippen LogP contribution in [0.15, 0.2) is 52.0 Å². The molecular formula is C12H7N3O3S. The van der Waals surface area contributed by atoms with Gasteiger partial charge in [-0.15, -0.1) is 0 Å². The molecule has 94 valence electrons.